The van der Waals surface area contributed by atoms with Crippen molar-refractivity contribution in [2.24, 2.45) is 0 Å². The van der Waals surface area contributed by atoms with Crippen molar-refractivity contribution in [3.05, 3.63) is 0 Å². The highest BCUT2D eigenvalue weighted by molar-refractivity contribution is 5.82. The molecule has 0 aromatic carbocycles. The van der Waals surface area contributed by atoms with Crippen molar-refractivity contribution < 1.29 is 9.59 Å². The topological polar surface area (TPSA) is 64.7 Å². The molecule has 22 heavy (non-hydrogen) atoms. The average molecular weight is 314 g/mol. The van der Waals surface area contributed by atoms with E-state index in [0.717, 1.165) is 25.7 Å². The first-order valence-corrected chi connectivity index (χ1v) is 8.23. The normalized spacial score (nSPS) is 14.0. The van der Waals surface area contributed by atoms with E-state index in [1.54, 1.807) is 0 Å². The molecule has 0 spiro atoms. The van der Waals surface area contributed by atoms with Crippen LogP contribution in [0, 0.1) is 0 Å². The molecule has 2 atom stereocenters. The van der Waals surface area contributed by atoms with Gasteiger partial charge < -0.3 is 10.6 Å². The molecule has 0 radical (unpaired) electrons. The number of rotatable bonds is 11. The third kappa shape index (κ3) is 7.75. The molecule has 0 aromatic heterocycles. The van der Waals surface area contributed by atoms with Crippen LogP contribution in [0.25, 0.3) is 0 Å². The predicted octanol–water partition coefficient (Wildman–Crippen LogP) is 0.679. The monoisotopic (exact) mass is 314 g/mol. The highest BCUT2D eigenvalue weighted by atomic mass is 16.2. The van der Waals surface area contributed by atoms with Crippen LogP contribution in [0.15, 0.2) is 0 Å². The lowest BCUT2D eigenvalue weighted by Crippen LogP contribution is -2.48. The summed E-state index contributed by atoms with van der Waals surface area (Å²) in [6.45, 7) is 5.06. The molecule has 2 N–H and O–H groups in total. The quantitative estimate of drug-likeness (QED) is 0.551. The predicted molar refractivity (Wildman–Crippen MR) is 90.8 cm³/mol. The maximum Gasteiger partial charge on any atom is 0.237 e. The van der Waals surface area contributed by atoms with Gasteiger partial charge in [-0.15, -0.1) is 0 Å². The van der Waals surface area contributed by atoms with Gasteiger partial charge >= 0.3 is 0 Å². The van der Waals surface area contributed by atoms with E-state index in [0.29, 0.717) is 13.1 Å². The van der Waals surface area contributed by atoms with Crippen molar-refractivity contribution in [3.63, 3.8) is 0 Å². The smallest absolute Gasteiger partial charge is 0.237 e. The zero-order valence-electron chi connectivity index (χ0n) is 15.1. The van der Waals surface area contributed by atoms with Crippen molar-refractivity contribution >= 4 is 11.8 Å². The standard InChI is InChI=1S/C16H34N4O2/c1-7-9-13(19(3)4)15(21)17-11-12-18-16(22)14(10-8-2)20(5)6/h13-14H,7-12H2,1-6H3,(H,17,21)(H,18,22)/t13-,14-/m0/s1. The lowest BCUT2D eigenvalue weighted by Gasteiger charge is -2.24. The Labute approximate surface area is 135 Å². The molecule has 0 saturated heterocycles. The Morgan fingerprint density at radius 3 is 1.32 bits per heavy atom. The summed E-state index contributed by atoms with van der Waals surface area (Å²) < 4.78 is 0. The van der Waals surface area contributed by atoms with Gasteiger partial charge in [-0.3, -0.25) is 19.4 Å². The molecule has 6 nitrogen and oxygen atoms in total. The second-order valence-corrected chi connectivity index (χ2v) is 6.12. The van der Waals surface area contributed by atoms with Gasteiger partial charge in [-0.25, -0.2) is 0 Å². The van der Waals surface area contributed by atoms with E-state index in [1.165, 1.54) is 0 Å². The van der Waals surface area contributed by atoms with Crippen LogP contribution in [-0.4, -0.2) is 75.0 Å². The van der Waals surface area contributed by atoms with E-state index < -0.39 is 0 Å². The molecule has 0 heterocycles. The number of likely N-dealkylation sites (N-methyl/N-ethyl adjacent to an activating group) is 2. The summed E-state index contributed by atoms with van der Waals surface area (Å²) in [4.78, 5) is 28.0. The number of carbonyl (C=O) groups is 2. The molecule has 6 heteroatoms. The van der Waals surface area contributed by atoms with Gasteiger partial charge in [0.25, 0.3) is 0 Å². The lowest BCUT2D eigenvalue weighted by molar-refractivity contribution is -0.127. The summed E-state index contributed by atoms with van der Waals surface area (Å²) in [5.74, 6) is 0.0534. The van der Waals surface area contributed by atoms with Crippen LogP contribution >= 0.6 is 0 Å². The molecule has 0 aliphatic carbocycles. The number of nitrogens with one attached hydrogen (secondary N) is 2. The molecule has 0 rings (SSSR count). The zero-order valence-corrected chi connectivity index (χ0v) is 15.1. The van der Waals surface area contributed by atoms with Gasteiger partial charge in [-0.05, 0) is 41.0 Å². The first kappa shape index (κ1) is 20.9. The summed E-state index contributed by atoms with van der Waals surface area (Å²) in [5.41, 5.74) is 0. The molecule has 2 amide bonds. The van der Waals surface area contributed by atoms with Crippen molar-refractivity contribution in [1.82, 2.24) is 20.4 Å². The fourth-order valence-corrected chi connectivity index (χ4v) is 2.40. The van der Waals surface area contributed by atoms with Gasteiger partial charge in [-0.2, -0.15) is 0 Å². The first-order valence-electron chi connectivity index (χ1n) is 8.23. The Kier molecular flexibility index (Phi) is 10.8. The number of nitrogens with zero attached hydrogens (tertiary/aromatic N) is 2. The van der Waals surface area contributed by atoms with E-state index in [2.05, 4.69) is 24.5 Å². The summed E-state index contributed by atoms with van der Waals surface area (Å²) in [6.07, 6.45) is 3.61. The van der Waals surface area contributed by atoms with Crippen LogP contribution in [0.1, 0.15) is 39.5 Å². The van der Waals surface area contributed by atoms with Gasteiger partial charge in [0.05, 0.1) is 12.1 Å². The molecular formula is C16H34N4O2. The lowest BCUT2D eigenvalue weighted by atomic mass is 10.1. The van der Waals surface area contributed by atoms with Crippen LogP contribution < -0.4 is 10.6 Å². The molecular weight excluding hydrogens is 280 g/mol. The largest absolute Gasteiger partial charge is 0.353 e. The highest BCUT2D eigenvalue weighted by Crippen LogP contribution is 2.03. The molecule has 0 aromatic rings. The summed E-state index contributed by atoms with van der Waals surface area (Å²) in [7, 11) is 7.64. The number of carbonyl (C=O) groups excluding carboxylic acids is 2. The molecule has 0 aliphatic heterocycles. The number of hydrogen-bond acceptors (Lipinski definition) is 4. The second-order valence-electron chi connectivity index (χ2n) is 6.12. The molecule has 0 bridgehead atoms. The minimum Gasteiger partial charge on any atom is -0.353 e. The Hall–Kier alpha value is -1.14. The molecule has 0 unspecified atom stereocenters. The number of amides is 2. The van der Waals surface area contributed by atoms with Crippen molar-refractivity contribution in [2.75, 3.05) is 41.3 Å². The Morgan fingerprint density at radius 2 is 1.09 bits per heavy atom. The van der Waals surface area contributed by atoms with Gasteiger partial charge in [0, 0.05) is 13.1 Å². The van der Waals surface area contributed by atoms with E-state index in [9.17, 15) is 9.59 Å². The maximum absolute atomic E-state index is 12.1. The minimum absolute atomic E-state index is 0.0267. The fraction of sp³-hybridized carbons (Fsp3) is 0.875. The van der Waals surface area contributed by atoms with Crippen molar-refractivity contribution in [1.29, 1.82) is 0 Å². The first-order chi connectivity index (χ1) is 10.3. The summed E-state index contributed by atoms with van der Waals surface area (Å²) >= 11 is 0. The highest BCUT2D eigenvalue weighted by Gasteiger charge is 2.20. The molecule has 0 fully saturated rings. The van der Waals surface area contributed by atoms with Crippen molar-refractivity contribution in [3.8, 4) is 0 Å². The Balaban J connectivity index is 4.14. The van der Waals surface area contributed by atoms with Gasteiger partial charge in [0.2, 0.25) is 11.8 Å². The number of hydrogen-bond donors (Lipinski definition) is 2. The van der Waals surface area contributed by atoms with Crippen LogP contribution in [0.2, 0.25) is 0 Å². The van der Waals surface area contributed by atoms with Gasteiger partial charge in [0.1, 0.15) is 0 Å². The van der Waals surface area contributed by atoms with Crippen LogP contribution in [0.5, 0.6) is 0 Å². The molecule has 0 aliphatic rings. The van der Waals surface area contributed by atoms with E-state index in [1.807, 2.05) is 38.0 Å². The summed E-state index contributed by atoms with van der Waals surface area (Å²) in [6, 6.07) is -0.203. The van der Waals surface area contributed by atoms with E-state index >= 15 is 0 Å². The van der Waals surface area contributed by atoms with Gasteiger partial charge in [-0.1, -0.05) is 26.7 Å². The third-order valence-electron chi connectivity index (χ3n) is 3.70. The van der Waals surface area contributed by atoms with Gasteiger partial charge in [0.15, 0.2) is 0 Å². The van der Waals surface area contributed by atoms with E-state index in [-0.39, 0.29) is 23.9 Å². The summed E-state index contributed by atoms with van der Waals surface area (Å²) in [5, 5.41) is 5.79. The Bertz CT molecular complexity index is 300. The third-order valence-corrected chi connectivity index (χ3v) is 3.70. The SMILES string of the molecule is CCC[C@@H](C(=O)NCCNC(=O)[C@H](CCC)N(C)C)N(C)C. The average Bonchev–Trinajstić information content (AvgIpc) is 2.45. The van der Waals surface area contributed by atoms with Crippen LogP contribution in [0.4, 0.5) is 0 Å². The van der Waals surface area contributed by atoms with Crippen LogP contribution in [-0.2, 0) is 9.59 Å². The zero-order chi connectivity index (χ0) is 17.1. The molecule has 0 saturated carbocycles. The van der Waals surface area contributed by atoms with Crippen molar-refractivity contribution in [2.45, 2.75) is 51.6 Å². The second kappa shape index (κ2) is 11.4. The van der Waals surface area contributed by atoms with Crippen LogP contribution in [0.3, 0.4) is 0 Å². The minimum atomic E-state index is -0.102. The Morgan fingerprint density at radius 1 is 0.773 bits per heavy atom. The fourth-order valence-electron chi connectivity index (χ4n) is 2.40. The molecule has 130 valence electrons. The maximum atomic E-state index is 12.1. The van der Waals surface area contributed by atoms with E-state index in [4.69, 9.17) is 0 Å².